The van der Waals surface area contributed by atoms with Crippen molar-refractivity contribution in [2.45, 2.75) is 0 Å². The van der Waals surface area contributed by atoms with Gasteiger partial charge in [-0.15, -0.1) is 0 Å². The predicted molar refractivity (Wildman–Crippen MR) is 130 cm³/mol. The molecule has 0 fully saturated rings. The van der Waals surface area contributed by atoms with Crippen LogP contribution >= 0.6 is 0 Å². The summed E-state index contributed by atoms with van der Waals surface area (Å²) in [5, 5.41) is 0.659. The van der Waals surface area contributed by atoms with Crippen molar-refractivity contribution in [1.82, 2.24) is 0 Å². The lowest BCUT2D eigenvalue weighted by atomic mass is 10.1. The van der Waals surface area contributed by atoms with E-state index in [0.717, 1.165) is 0 Å². The molecule has 1 aliphatic rings. The minimum absolute atomic E-state index is 0.194. The number of ether oxygens (including phenoxy) is 6. The summed E-state index contributed by atoms with van der Waals surface area (Å²) < 4.78 is 38.1. The van der Waals surface area contributed by atoms with Crippen LogP contribution in [0.3, 0.4) is 0 Å². The van der Waals surface area contributed by atoms with Crippen molar-refractivity contribution in [1.29, 1.82) is 0 Å². The quantitative estimate of drug-likeness (QED) is 0.220. The molecule has 9 heteroatoms. The van der Waals surface area contributed by atoms with E-state index in [9.17, 15) is 9.59 Å². The van der Waals surface area contributed by atoms with Crippen molar-refractivity contribution >= 4 is 16.9 Å². The van der Waals surface area contributed by atoms with E-state index in [1.54, 1.807) is 36.4 Å². The highest BCUT2D eigenvalue weighted by Crippen LogP contribution is 2.39. The molecule has 0 aliphatic carbocycles. The number of carbonyl (C=O) groups is 1. The van der Waals surface area contributed by atoms with Crippen molar-refractivity contribution in [3.8, 4) is 45.6 Å². The summed E-state index contributed by atoms with van der Waals surface area (Å²) in [5.74, 6) is 1.76. The molecule has 1 aliphatic heterocycles. The van der Waals surface area contributed by atoms with Crippen molar-refractivity contribution in [3.63, 3.8) is 0 Å². The summed E-state index contributed by atoms with van der Waals surface area (Å²) >= 11 is 0. The average molecular weight is 490 g/mol. The lowest BCUT2D eigenvalue weighted by Gasteiger charge is -2.18. The maximum atomic E-state index is 12.8. The Morgan fingerprint density at radius 2 is 1.53 bits per heavy atom. The fraction of sp³-hybridized carbons (Fsp3) is 0.185. The van der Waals surface area contributed by atoms with Gasteiger partial charge in [0.2, 0.25) is 5.75 Å². The van der Waals surface area contributed by atoms with Gasteiger partial charge < -0.3 is 32.8 Å². The number of rotatable bonds is 6. The van der Waals surface area contributed by atoms with Gasteiger partial charge in [-0.3, -0.25) is 0 Å². The smallest absolute Gasteiger partial charge is 0.344 e. The summed E-state index contributed by atoms with van der Waals surface area (Å²) in [5.41, 5.74) is 0.957. The number of hydrogen-bond donors (Lipinski definition) is 0. The molecular weight excluding hydrogens is 468 g/mol. The van der Waals surface area contributed by atoms with E-state index in [2.05, 4.69) is 0 Å². The molecule has 0 saturated heterocycles. The van der Waals surface area contributed by atoms with Crippen LogP contribution in [-0.4, -0.2) is 40.5 Å². The maximum absolute atomic E-state index is 12.8. The summed E-state index contributed by atoms with van der Waals surface area (Å²) in [6, 6.07) is 14.8. The molecule has 184 valence electrons. The Bertz CT molecular complexity index is 1490. The minimum atomic E-state index is -0.649. The van der Waals surface area contributed by atoms with Crippen molar-refractivity contribution in [2.24, 2.45) is 0 Å². The van der Waals surface area contributed by atoms with Gasteiger partial charge in [0.05, 0.1) is 32.5 Å². The Morgan fingerprint density at radius 3 is 2.22 bits per heavy atom. The van der Waals surface area contributed by atoms with Gasteiger partial charge in [-0.05, 0) is 48.0 Å². The maximum Gasteiger partial charge on any atom is 0.344 e. The van der Waals surface area contributed by atoms with Crippen molar-refractivity contribution in [3.05, 3.63) is 70.6 Å². The third-order valence-electron chi connectivity index (χ3n) is 5.67. The molecule has 4 aromatic rings. The zero-order valence-electron chi connectivity index (χ0n) is 19.8. The van der Waals surface area contributed by atoms with Gasteiger partial charge in [0.25, 0.3) is 0 Å². The first kappa shape index (κ1) is 23.1. The zero-order valence-corrected chi connectivity index (χ0v) is 19.8. The van der Waals surface area contributed by atoms with Gasteiger partial charge in [0.1, 0.15) is 24.5 Å². The Kier molecular flexibility index (Phi) is 6.12. The van der Waals surface area contributed by atoms with Crippen LogP contribution in [0.25, 0.3) is 22.1 Å². The summed E-state index contributed by atoms with van der Waals surface area (Å²) in [6.07, 6.45) is 0. The van der Waals surface area contributed by atoms with Crippen LogP contribution in [-0.2, 0) is 0 Å². The molecule has 36 heavy (non-hydrogen) atoms. The normalized spacial score (nSPS) is 12.2. The molecule has 1 aromatic heterocycles. The fourth-order valence-electron chi connectivity index (χ4n) is 3.93. The second-order valence-corrected chi connectivity index (χ2v) is 7.81. The molecule has 0 amide bonds. The summed E-state index contributed by atoms with van der Waals surface area (Å²) in [4.78, 5) is 25.6. The van der Waals surface area contributed by atoms with Crippen LogP contribution in [0.2, 0.25) is 0 Å². The highest BCUT2D eigenvalue weighted by molar-refractivity contribution is 5.93. The molecule has 2 heterocycles. The molecule has 0 N–H and O–H groups in total. The Balaban J connectivity index is 1.43. The van der Waals surface area contributed by atoms with Crippen molar-refractivity contribution in [2.75, 3.05) is 34.5 Å². The second kappa shape index (κ2) is 9.53. The van der Waals surface area contributed by atoms with E-state index in [4.69, 9.17) is 32.8 Å². The lowest BCUT2D eigenvalue weighted by molar-refractivity contribution is 0.0734. The molecular formula is C27H22O9. The van der Waals surface area contributed by atoms with E-state index in [0.29, 0.717) is 58.5 Å². The number of fused-ring (bicyclic) bond motifs is 2. The first-order valence-corrected chi connectivity index (χ1v) is 11.0. The van der Waals surface area contributed by atoms with Crippen LogP contribution in [0.4, 0.5) is 0 Å². The average Bonchev–Trinajstić information content (AvgIpc) is 2.91. The second-order valence-electron chi connectivity index (χ2n) is 7.81. The van der Waals surface area contributed by atoms with E-state index in [1.807, 2.05) is 0 Å². The first-order valence-electron chi connectivity index (χ1n) is 11.0. The van der Waals surface area contributed by atoms with Gasteiger partial charge in [-0.1, -0.05) is 6.07 Å². The third-order valence-corrected chi connectivity index (χ3v) is 5.67. The highest BCUT2D eigenvalue weighted by Gasteiger charge is 2.19. The number of benzene rings is 3. The number of hydrogen-bond acceptors (Lipinski definition) is 9. The third kappa shape index (κ3) is 4.26. The van der Waals surface area contributed by atoms with Gasteiger partial charge in [-0.25, -0.2) is 9.59 Å². The van der Waals surface area contributed by atoms with E-state index in [1.165, 1.54) is 39.5 Å². The Hall–Kier alpha value is -4.66. The predicted octanol–water partition coefficient (Wildman–Crippen LogP) is 4.48. The number of carbonyl (C=O) groups excluding carboxylic acids is 1. The molecule has 0 bridgehead atoms. The van der Waals surface area contributed by atoms with Gasteiger partial charge >= 0.3 is 11.6 Å². The van der Waals surface area contributed by atoms with Crippen LogP contribution in [0.1, 0.15) is 10.4 Å². The van der Waals surface area contributed by atoms with E-state index < -0.39 is 11.6 Å². The van der Waals surface area contributed by atoms with Gasteiger partial charge in [0.15, 0.2) is 23.0 Å². The lowest BCUT2D eigenvalue weighted by Crippen LogP contribution is -2.15. The van der Waals surface area contributed by atoms with Gasteiger partial charge in [0, 0.05) is 11.5 Å². The number of esters is 1. The SMILES string of the molecule is COc1cc(C(=O)Oc2ccc3cc(-c4ccc5c(c4)OCCO5)c(=O)oc3c2)cc(OC)c1OC. The first-order chi connectivity index (χ1) is 17.5. The number of methoxy groups -OCH3 is 3. The highest BCUT2D eigenvalue weighted by atomic mass is 16.6. The standard InChI is InChI=1S/C27H22O9/c1-30-23-12-17(13-24(31-2)25(23)32-3)26(28)35-18-6-4-16-10-19(27(29)36-21(16)14-18)15-5-7-20-22(11-15)34-9-8-33-20/h4-7,10-14H,8-9H2,1-3H3. The largest absolute Gasteiger partial charge is 0.493 e. The molecule has 0 atom stereocenters. The Morgan fingerprint density at radius 1 is 0.806 bits per heavy atom. The van der Waals surface area contributed by atoms with Crippen molar-refractivity contribution < 1.29 is 37.6 Å². The molecule has 0 saturated carbocycles. The van der Waals surface area contributed by atoms with Crippen LogP contribution in [0.15, 0.2) is 63.8 Å². The van der Waals surface area contributed by atoms with Crippen LogP contribution < -0.4 is 34.0 Å². The Labute approximate surface area is 205 Å². The summed E-state index contributed by atoms with van der Waals surface area (Å²) in [6.45, 7) is 0.928. The molecule has 0 unspecified atom stereocenters. The zero-order chi connectivity index (χ0) is 25.2. The fourth-order valence-corrected chi connectivity index (χ4v) is 3.93. The molecule has 0 radical (unpaired) electrons. The molecule has 0 spiro atoms. The molecule has 5 rings (SSSR count). The van der Waals surface area contributed by atoms with Crippen LogP contribution in [0, 0.1) is 0 Å². The summed E-state index contributed by atoms with van der Waals surface area (Å²) in [7, 11) is 4.38. The van der Waals surface area contributed by atoms with Crippen LogP contribution in [0.5, 0.6) is 34.5 Å². The topological polar surface area (TPSA) is 103 Å². The monoisotopic (exact) mass is 490 g/mol. The molecule has 3 aromatic carbocycles. The molecule has 9 nitrogen and oxygen atoms in total. The van der Waals surface area contributed by atoms with Gasteiger partial charge in [-0.2, -0.15) is 0 Å². The van der Waals surface area contributed by atoms with E-state index >= 15 is 0 Å². The minimum Gasteiger partial charge on any atom is -0.493 e. The van der Waals surface area contributed by atoms with E-state index in [-0.39, 0.29) is 16.9 Å².